The van der Waals surface area contributed by atoms with Gasteiger partial charge in [0.2, 0.25) is 0 Å². The fourth-order valence-corrected chi connectivity index (χ4v) is 4.25. The zero-order valence-corrected chi connectivity index (χ0v) is 16.1. The summed E-state index contributed by atoms with van der Waals surface area (Å²) in [5.41, 5.74) is -0.180. The van der Waals surface area contributed by atoms with E-state index in [1.165, 1.54) is 35.3 Å². The number of alkyl halides is 3. The lowest BCUT2D eigenvalue weighted by molar-refractivity contribution is -0.137. The number of esters is 1. The summed E-state index contributed by atoms with van der Waals surface area (Å²) in [7, 11) is 0. The number of hydrogen-bond acceptors (Lipinski definition) is 4. The number of carbonyl (C=O) groups excluding carboxylic acids is 2. The molecule has 3 rings (SSSR count). The van der Waals surface area contributed by atoms with Crippen LogP contribution in [0.4, 0.5) is 18.9 Å². The van der Waals surface area contributed by atoms with Gasteiger partial charge in [-0.1, -0.05) is 18.6 Å². The van der Waals surface area contributed by atoms with Crippen LogP contribution in [0.2, 0.25) is 0 Å². The van der Waals surface area contributed by atoms with E-state index >= 15 is 0 Å². The SMILES string of the molecule is C[C@@H](OC(=O)c1cc2c(s1)CCCCC2)C(=O)Nc1ccccc1C(F)(F)F. The van der Waals surface area contributed by atoms with Crippen molar-refractivity contribution in [1.29, 1.82) is 0 Å². The molecule has 1 aliphatic carbocycles. The van der Waals surface area contributed by atoms with E-state index in [2.05, 4.69) is 5.32 Å². The minimum absolute atomic E-state index is 0.370. The van der Waals surface area contributed by atoms with Gasteiger partial charge in [0.15, 0.2) is 6.10 Å². The first kappa shape index (κ1) is 20.4. The number of hydrogen-bond donors (Lipinski definition) is 1. The van der Waals surface area contributed by atoms with Gasteiger partial charge in [0.25, 0.3) is 5.91 Å². The lowest BCUT2D eigenvalue weighted by Crippen LogP contribution is -2.30. The van der Waals surface area contributed by atoms with Crippen LogP contribution in [-0.4, -0.2) is 18.0 Å². The summed E-state index contributed by atoms with van der Waals surface area (Å²) in [5, 5.41) is 2.20. The molecule has 8 heteroatoms. The molecule has 0 fully saturated rings. The molecule has 0 spiro atoms. The van der Waals surface area contributed by atoms with E-state index in [1.54, 1.807) is 6.07 Å². The smallest absolute Gasteiger partial charge is 0.418 e. The first-order valence-electron chi connectivity index (χ1n) is 9.05. The molecule has 1 heterocycles. The topological polar surface area (TPSA) is 55.4 Å². The van der Waals surface area contributed by atoms with Crippen molar-refractivity contribution in [2.45, 2.75) is 51.3 Å². The number of aryl methyl sites for hydroxylation is 2. The van der Waals surface area contributed by atoms with Gasteiger partial charge < -0.3 is 10.1 Å². The Kier molecular flexibility index (Phi) is 6.07. The second-order valence-electron chi connectivity index (χ2n) is 6.70. The minimum atomic E-state index is -4.60. The average molecular weight is 411 g/mol. The van der Waals surface area contributed by atoms with Crippen LogP contribution in [0.3, 0.4) is 0 Å². The van der Waals surface area contributed by atoms with Gasteiger partial charge in [-0.15, -0.1) is 11.3 Å². The molecule has 1 atom stereocenters. The van der Waals surface area contributed by atoms with Crippen molar-refractivity contribution in [2.24, 2.45) is 0 Å². The van der Waals surface area contributed by atoms with Gasteiger partial charge in [-0.05, 0) is 56.4 Å². The first-order valence-corrected chi connectivity index (χ1v) is 9.87. The molecule has 1 aromatic heterocycles. The largest absolute Gasteiger partial charge is 0.448 e. The normalized spacial score (nSPS) is 15.3. The number of rotatable bonds is 4. The maximum absolute atomic E-state index is 13.0. The number of halogens is 3. The molecule has 2 aromatic rings. The maximum Gasteiger partial charge on any atom is 0.418 e. The summed E-state index contributed by atoms with van der Waals surface area (Å²) in [6.07, 6.45) is -0.650. The van der Waals surface area contributed by atoms with Crippen molar-refractivity contribution in [3.8, 4) is 0 Å². The molecule has 1 aromatic carbocycles. The third-order valence-corrected chi connectivity index (χ3v) is 5.81. The Morgan fingerprint density at radius 3 is 2.61 bits per heavy atom. The Bertz CT molecular complexity index is 852. The first-order chi connectivity index (χ1) is 13.3. The fourth-order valence-electron chi connectivity index (χ4n) is 3.11. The van der Waals surface area contributed by atoms with Gasteiger partial charge in [0.1, 0.15) is 4.88 Å². The predicted molar refractivity (Wildman–Crippen MR) is 101 cm³/mol. The Hall–Kier alpha value is -2.35. The van der Waals surface area contributed by atoms with Crippen molar-refractivity contribution in [1.82, 2.24) is 0 Å². The number of anilines is 1. The van der Waals surface area contributed by atoms with Gasteiger partial charge >= 0.3 is 12.1 Å². The zero-order chi connectivity index (χ0) is 20.3. The number of fused-ring (bicyclic) bond motifs is 1. The molecule has 0 saturated carbocycles. The van der Waals surface area contributed by atoms with Crippen LogP contribution >= 0.6 is 11.3 Å². The van der Waals surface area contributed by atoms with Crippen LogP contribution < -0.4 is 5.32 Å². The molecule has 1 amide bonds. The van der Waals surface area contributed by atoms with E-state index in [4.69, 9.17) is 4.74 Å². The van der Waals surface area contributed by atoms with Gasteiger partial charge in [0.05, 0.1) is 11.3 Å². The zero-order valence-electron chi connectivity index (χ0n) is 15.3. The molecule has 4 nitrogen and oxygen atoms in total. The fraction of sp³-hybridized carbons (Fsp3) is 0.400. The number of carbonyl (C=O) groups is 2. The van der Waals surface area contributed by atoms with Crippen LogP contribution in [0.25, 0.3) is 0 Å². The molecule has 0 bridgehead atoms. The Balaban J connectivity index is 1.66. The van der Waals surface area contributed by atoms with E-state index in [-0.39, 0.29) is 5.69 Å². The molecule has 0 aliphatic heterocycles. The molecule has 1 N–H and O–H groups in total. The lowest BCUT2D eigenvalue weighted by atomic mass is 10.1. The molecular formula is C20H20F3NO3S. The standard InChI is InChI=1S/C20H20F3NO3S/c1-12(18(25)24-15-9-6-5-8-14(15)20(21,22)23)27-19(26)17-11-13-7-3-2-4-10-16(13)28-17/h5-6,8-9,11-12H,2-4,7,10H2,1H3,(H,24,25)/t12-/m1/s1. The number of para-hydroxylation sites is 1. The third kappa shape index (κ3) is 4.73. The van der Waals surface area contributed by atoms with E-state index in [1.807, 2.05) is 0 Å². The average Bonchev–Trinajstić information content (AvgIpc) is 2.92. The Morgan fingerprint density at radius 1 is 1.14 bits per heavy atom. The number of thiophene rings is 1. The molecule has 0 saturated heterocycles. The van der Waals surface area contributed by atoms with Crippen molar-refractivity contribution in [2.75, 3.05) is 5.32 Å². The van der Waals surface area contributed by atoms with Crippen LogP contribution in [0.5, 0.6) is 0 Å². The van der Waals surface area contributed by atoms with Crippen molar-refractivity contribution in [3.63, 3.8) is 0 Å². The quantitative estimate of drug-likeness (QED) is 0.554. The van der Waals surface area contributed by atoms with Crippen molar-refractivity contribution >= 4 is 28.9 Å². The molecule has 150 valence electrons. The number of amides is 1. The second kappa shape index (κ2) is 8.34. The van der Waals surface area contributed by atoms with Gasteiger partial charge in [-0.3, -0.25) is 4.79 Å². The number of benzene rings is 1. The summed E-state index contributed by atoms with van der Waals surface area (Å²) in [6.45, 7) is 1.34. The summed E-state index contributed by atoms with van der Waals surface area (Å²) >= 11 is 1.37. The number of ether oxygens (including phenoxy) is 1. The van der Waals surface area contributed by atoms with E-state index in [0.717, 1.165) is 49.8 Å². The molecule has 1 aliphatic rings. The molecule has 0 radical (unpaired) electrons. The highest BCUT2D eigenvalue weighted by Crippen LogP contribution is 2.34. The minimum Gasteiger partial charge on any atom is -0.448 e. The van der Waals surface area contributed by atoms with Gasteiger partial charge in [0, 0.05) is 4.88 Å². The third-order valence-electron chi connectivity index (χ3n) is 4.59. The van der Waals surface area contributed by atoms with Crippen LogP contribution in [-0.2, 0) is 28.5 Å². The molecule has 28 heavy (non-hydrogen) atoms. The highest BCUT2D eigenvalue weighted by molar-refractivity contribution is 7.14. The van der Waals surface area contributed by atoms with E-state index in [0.29, 0.717) is 4.88 Å². The summed E-state index contributed by atoms with van der Waals surface area (Å²) in [6, 6.07) is 6.47. The van der Waals surface area contributed by atoms with Gasteiger partial charge in [-0.25, -0.2) is 4.79 Å². The summed E-state index contributed by atoms with van der Waals surface area (Å²) in [5.74, 6) is -1.45. The van der Waals surface area contributed by atoms with Crippen LogP contribution in [0.1, 0.15) is 51.9 Å². The van der Waals surface area contributed by atoms with Gasteiger partial charge in [-0.2, -0.15) is 13.2 Å². The van der Waals surface area contributed by atoms with Crippen LogP contribution in [0.15, 0.2) is 30.3 Å². The number of nitrogens with one attached hydrogen (secondary N) is 1. The van der Waals surface area contributed by atoms with Crippen molar-refractivity contribution in [3.05, 3.63) is 51.2 Å². The summed E-state index contributed by atoms with van der Waals surface area (Å²) < 4.78 is 44.3. The summed E-state index contributed by atoms with van der Waals surface area (Å²) in [4.78, 5) is 26.2. The monoisotopic (exact) mass is 411 g/mol. The lowest BCUT2D eigenvalue weighted by Gasteiger charge is -2.16. The van der Waals surface area contributed by atoms with Crippen LogP contribution in [0, 0.1) is 0 Å². The Labute approximate surface area is 164 Å². The molecular weight excluding hydrogens is 391 g/mol. The highest BCUT2D eigenvalue weighted by Gasteiger charge is 2.34. The molecule has 0 unspecified atom stereocenters. The second-order valence-corrected chi connectivity index (χ2v) is 7.84. The van der Waals surface area contributed by atoms with E-state index in [9.17, 15) is 22.8 Å². The van der Waals surface area contributed by atoms with E-state index < -0.39 is 29.7 Å². The predicted octanol–water partition coefficient (Wildman–Crippen LogP) is 5.22. The van der Waals surface area contributed by atoms with Crippen molar-refractivity contribution < 1.29 is 27.5 Å². The maximum atomic E-state index is 13.0. The Morgan fingerprint density at radius 2 is 1.86 bits per heavy atom. The highest BCUT2D eigenvalue weighted by atomic mass is 32.1.